The fourth-order valence-corrected chi connectivity index (χ4v) is 2.98. The van der Waals surface area contributed by atoms with Crippen LogP contribution in [0.25, 0.3) is 11.0 Å². The largest absolute Gasteiger partial charge is 0.454 e. The first kappa shape index (κ1) is 12.8. The van der Waals surface area contributed by atoms with Crippen LogP contribution in [0.2, 0.25) is 0 Å². The third kappa shape index (κ3) is 2.19. The second kappa shape index (κ2) is 4.80. The van der Waals surface area contributed by atoms with Crippen molar-refractivity contribution in [2.75, 3.05) is 12.5 Å². The van der Waals surface area contributed by atoms with Gasteiger partial charge in [0, 0.05) is 3.57 Å². The number of aromatic nitrogens is 2. The maximum absolute atomic E-state index is 6.06. The minimum Gasteiger partial charge on any atom is -0.454 e. The lowest BCUT2D eigenvalue weighted by Gasteiger charge is -2.07. The number of fused-ring (bicyclic) bond motifs is 2. The molecule has 0 unspecified atom stereocenters. The Bertz CT molecular complexity index is 844. The zero-order valence-corrected chi connectivity index (χ0v) is 13.2. The Morgan fingerprint density at radius 3 is 2.90 bits per heavy atom. The van der Waals surface area contributed by atoms with E-state index in [1.165, 1.54) is 0 Å². The Labute approximate surface area is 134 Å². The van der Waals surface area contributed by atoms with E-state index in [2.05, 4.69) is 33.6 Å². The van der Waals surface area contributed by atoms with Crippen molar-refractivity contribution in [2.24, 2.45) is 0 Å². The summed E-state index contributed by atoms with van der Waals surface area (Å²) in [4.78, 5) is 4.42. The number of imidazole rings is 1. The molecule has 0 radical (unpaired) electrons. The van der Waals surface area contributed by atoms with Crippen molar-refractivity contribution in [1.29, 1.82) is 0 Å². The molecular weight excluding hydrogens is 381 g/mol. The Morgan fingerprint density at radius 2 is 2.00 bits per heavy atom. The molecule has 2 aromatic carbocycles. The highest BCUT2D eigenvalue weighted by molar-refractivity contribution is 14.1. The zero-order valence-electron chi connectivity index (χ0n) is 11.0. The van der Waals surface area contributed by atoms with Gasteiger partial charge in [0.25, 0.3) is 0 Å². The van der Waals surface area contributed by atoms with Crippen molar-refractivity contribution in [3.8, 4) is 11.5 Å². The number of nitrogens with zero attached hydrogens (tertiary/aromatic N) is 2. The Hall–Kier alpha value is -1.96. The van der Waals surface area contributed by atoms with Gasteiger partial charge in [0.2, 0.25) is 12.7 Å². The summed E-state index contributed by atoms with van der Waals surface area (Å²) in [7, 11) is 0. The third-order valence-electron chi connectivity index (χ3n) is 3.52. The van der Waals surface area contributed by atoms with Crippen LogP contribution in [0.1, 0.15) is 5.56 Å². The first-order chi connectivity index (χ1) is 10.2. The first-order valence-electron chi connectivity index (χ1n) is 6.50. The Kier molecular flexibility index (Phi) is 2.91. The molecule has 0 amide bonds. The van der Waals surface area contributed by atoms with Crippen LogP contribution in [0, 0.1) is 3.57 Å². The number of anilines is 1. The standard InChI is InChI=1S/C15H12IN3O2/c16-10-2-3-12-11(6-10)18-15(17)19(12)7-9-1-4-13-14(5-9)21-8-20-13/h1-6H,7-8H2,(H2,17,18). The van der Waals surface area contributed by atoms with Crippen molar-refractivity contribution >= 4 is 39.6 Å². The SMILES string of the molecule is Nc1nc2cc(I)ccc2n1Cc1ccc2c(c1)OCO2. The average molecular weight is 393 g/mol. The van der Waals surface area contributed by atoms with Gasteiger partial charge in [0.05, 0.1) is 17.6 Å². The molecule has 1 aromatic heterocycles. The van der Waals surface area contributed by atoms with Crippen molar-refractivity contribution in [3.63, 3.8) is 0 Å². The summed E-state index contributed by atoms with van der Waals surface area (Å²) in [6, 6.07) is 12.1. The molecule has 0 saturated heterocycles. The molecule has 0 fully saturated rings. The average Bonchev–Trinajstić information content (AvgIpc) is 3.03. The lowest BCUT2D eigenvalue weighted by atomic mass is 10.2. The fraction of sp³-hybridized carbons (Fsp3) is 0.133. The van der Waals surface area contributed by atoms with Crippen LogP contribution in [0.15, 0.2) is 36.4 Å². The van der Waals surface area contributed by atoms with E-state index < -0.39 is 0 Å². The van der Waals surface area contributed by atoms with Crippen molar-refractivity contribution in [3.05, 3.63) is 45.5 Å². The van der Waals surface area contributed by atoms with E-state index in [-0.39, 0.29) is 6.79 Å². The molecule has 0 spiro atoms. The molecule has 0 saturated carbocycles. The molecule has 106 valence electrons. The third-order valence-corrected chi connectivity index (χ3v) is 4.19. The second-order valence-electron chi connectivity index (χ2n) is 4.88. The highest BCUT2D eigenvalue weighted by Crippen LogP contribution is 2.33. The summed E-state index contributed by atoms with van der Waals surface area (Å²) in [5.41, 5.74) is 9.11. The van der Waals surface area contributed by atoms with Gasteiger partial charge in [-0.3, -0.25) is 0 Å². The van der Waals surface area contributed by atoms with Crippen LogP contribution in [-0.4, -0.2) is 16.3 Å². The van der Waals surface area contributed by atoms with Crippen LogP contribution in [0.5, 0.6) is 11.5 Å². The Balaban J connectivity index is 1.75. The molecule has 1 aliphatic rings. The van der Waals surface area contributed by atoms with E-state index in [4.69, 9.17) is 15.2 Å². The van der Waals surface area contributed by atoms with Gasteiger partial charge in [-0.05, 0) is 58.5 Å². The van der Waals surface area contributed by atoms with Crippen LogP contribution in [0.4, 0.5) is 5.95 Å². The number of benzene rings is 2. The molecule has 0 bridgehead atoms. The van der Waals surface area contributed by atoms with Gasteiger partial charge < -0.3 is 19.8 Å². The number of rotatable bonds is 2. The zero-order chi connectivity index (χ0) is 14.4. The number of halogens is 1. The summed E-state index contributed by atoms with van der Waals surface area (Å²) >= 11 is 2.27. The number of hydrogen-bond acceptors (Lipinski definition) is 4. The molecule has 3 aromatic rings. The lowest BCUT2D eigenvalue weighted by Crippen LogP contribution is -2.04. The second-order valence-corrected chi connectivity index (χ2v) is 6.12. The van der Waals surface area contributed by atoms with Crippen molar-refractivity contribution in [1.82, 2.24) is 9.55 Å². The molecular formula is C15H12IN3O2. The smallest absolute Gasteiger partial charge is 0.231 e. The molecule has 1 aliphatic heterocycles. The van der Waals surface area contributed by atoms with Gasteiger partial charge in [0.1, 0.15) is 0 Å². The van der Waals surface area contributed by atoms with E-state index in [1.807, 2.05) is 34.9 Å². The van der Waals surface area contributed by atoms with Gasteiger partial charge in [-0.2, -0.15) is 0 Å². The summed E-state index contributed by atoms with van der Waals surface area (Å²) in [6.45, 7) is 0.937. The number of hydrogen-bond donors (Lipinski definition) is 1. The highest BCUT2D eigenvalue weighted by atomic mass is 127. The predicted molar refractivity (Wildman–Crippen MR) is 88.5 cm³/mol. The quantitative estimate of drug-likeness (QED) is 0.681. The predicted octanol–water partition coefficient (Wildman–Crippen LogP) is 3.00. The van der Waals surface area contributed by atoms with Gasteiger partial charge in [0.15, 0.2) is 11.5 Å². The van der Waals surface area contributed by atoms with Gasteiger partial charge in [-0.25, -0.2) is 4.98 Å². The number of nitrogens with two attached hydrogens (primary N) is 1. The summed E-state index contributed by atoms with van der Waals surface area (Å²) in [6.07, 6.45) is 0. The number of ether oxygens (including phenoxy) is 2. The van der Waals surface area contributed by atoms with Gasteiger partial charge >= 0.3 is 0 Å². The Morgan fingerprint density at radius 1 is 1.14 bits per heavy atom. The van der Waals surface area contributed by atoms with E-state index in [0.717, 1.165) is 31.7 Å². The molecule has 6 heteroatoms. The summed E-state index contributed by atoms with van der Waals surface area (Å²) < 4.78 is 13.9. The molecule has 21 heavy (non-hydrogen) atoms. The number of nitrogen functional groups attached to an aromatic ring is 1. The van der Waals surface area contributed by atoms with Crippen molar-refractivity contribution < 1.29 is 9.47 Å². The molecule has 0 aliphatic carbocycles. The topological polar surface area (TPSA) is 62.3 Å². The van der Waals surface area contributed by atoms with Gasteiger partial charge in [-0.15, -0.1) is 0 Å². The van der Waals surface area contributed by atoms with E-state index in [1.54, 1.807) is 0 Å². The molecule has 4 rings (SSSR count). The monoisotopic (exact) mass is 393 g/mol. The normalized spacial score (nSPS) is 13.0. The fourth-order valence-electron chi connectivity index (χ4n) is 2.51. The molecule has 5 nitrogen and oxygen atoms in total. The van der Waals surface area contributed by atoms with E-state index in [9.17, 15) is 0 Å². The van der Waals surface area contributed by atoms with Crippen molar-refractivity contribution in [2.45, 2.75) is 6.54 Å². The maximum Gasteiger partial charge on any atom is 0.231 e. The maximum atomic E-state index is 6.06. The van der Waals surface area contributed by atoms with Crippen LogP contribution in [-0.2, 0) is 6.54 Å². The minimum atomic E-state index is 0.285. The van der Waals surface area contributed by atoms with E-state index in [0.29, 0.717) is 12.5 Å². The minimum absolute atomic E-state index is 0.285. The van der Waals surface area contributed by atoms with Gasteiger partial charge in [-0.1, -0.05) is 6.07 Å². The summed E-state index contributed by atoms with van der Waals surface area (Å²) in [5.74, 6) is 2.09. The molecule has 0 atom stereocenters. The first-order valence-corrected chi connectivity index (χ1v) is 7.58. The van der Waals surface area contributed by atoms with E-state index >= 15 is 0 Å². The molecule has 2 heterocycles. The highest BCUT2D eigenvalue weighted by Gasteiger charge is 2.15. The van der Waals surface area contributed by atoms with Crippen LogP contribution >= 0.6 is 22.6 Å². The summed E-state index contributed by atoms with van der Waals surface area (Å²) in [5, 5.41) is 0. The molecule has 2 N–H and O–H groups in total. The van der Waals surface area contributed by atoms with Crippen LogP contribution in [0.3, 0.4) is 0 Å². The lowest BCUT2D eigenvalue weighted by molar-refractivity contribution is 0.174. The van der Waals surface area contributed by atoms with Crippen LogP contribution < -0.4 is 15.2 Å².